The van der Waals surface area contributed by atoms with E-state index in [4.69, 9.17) is 9.57 Å². The maximum atomic E-state index is 11.7. The Balaban J connectivity index is 1.96. The van der Waals surface area contributed by atoms with Gasteiger partial charge in [-0.1, -0.05) is 6.07 Å². The molecule has 19 heavy (non-hydrogen) atoms. The fourth-order valence-electron chi connectivity index (χ4n) is 1.39. The lowest BCUT2D eigenvalue weighted by Gasteiger charge is -2.07. The van der Waals surface area contributed by atoms with Crippen molar-refractivity contribution < 1.29 is 14.4 Å². The molecule has 0 unspecified atom stereocenters. The summed E-state index contributed by atoms with van der Waals surface area (Å²) in [6.45, 7) is 2.61. The first-order valence-corrected chi connectivity index (χ1v) is 6.76. The number of hydrogen-bond acceptors (Lipinski definition) is 5. The average Bonchev–Trinajstić information content (AvgIpc) is 2.96. The molecule has 0 fully saturated rings. The van der Waals surface area contributed by atoms with Crippen LogP contribution in [-0.2, 0) is 11.4 Å². The first-order valence-electron chi connectivity index (χ1n) is 5.81. The lowest BCUT2D eigenvalue weighted by molar-refractivity contribution is 0.0364. The van der Waals surface area contributed by atoms with Crippen molar-refractivity contribution in [2.45, 2.75) is 13.5 Å². The van der Waals surface area contributed by atoms with Gasteiger partial charge in [-0.05, 0) is 25.1 Å². The van der Waals surface area contributed by atoms with Gasteiger partial charge in [0.1, 0.15) is 12.4 Å². The second-order valence-corrected chi connectivity index (χ2v) is 4.38. The van der Waals surface area contributed by atoms with Gasteiger partial charge in [0, 0.05) is 10.9 Å². The Hall–Kier alpha value is -1.92. The van der Waals surface area contributed by atoms with Crippen molar-refractivity contribution in [3.63, 3.8) is 0 Å². The predicted molar refractivity (Wildman–Crippen MR) is 72.0 cm³/mol. The lowest BCUT2D eigenvalue weighted by atomic mass is 10.2. The summed E-state index contributed by atoms with van der Waals surface area (Å²) in [5.74, 6) is 0.332. The number of benzene rings is 1. The van der Waals surface area contributed by atoms with Crippen molar-refractivity contribution in [3.8, 4) is 5.75 Å². The normalized spacial score (nSPS) is 10.2. The van der Waals surface area contributed by atoms with Crippen LogP contribution in [0.1, 0.15) is 23.0 Å². The van der Waals surface area contributed by atoms with Crippen molar-refractivity contribution in [3.05, 3.63) is 46.4 Å². The molecular weight excluding hydrogens is 264 g/mol. The minimum Gasteiger partial charge on any atom is -0.487 e. The van der Waals surface area contributed by atoms with Crippen LogP contribution >= 0.6 is 11.3 Å². The zero-order valence-corrected chi connectivity index (χ0v) is 11.3. The van der Waals surface area contributed by atoms with E-state index >= 15 is 0 Å². The number of carbonyl (C=O) groups is 1. The second kappa shape index (κ2) is 6.86. The van der Waals surface area contributed by atoms with Crippen LogP contribution in [0.2, 0.25) is 0 Å². The molecule has 2 rings (SSSR count). The van der Waals surface area contributed by atoms with E-state index < -0.39 is 0 Å². The molecule has 0 spiro atoms. The summed E-state index contributed by atoms with van der Waals surface area (Å²) in [6, 6.07) is 6.92. The number of nitrogens with one attached hydrogen (secondary N) is 1. The van der Waals surface area contributed by atoms with Crippen molar-refractivity contribution in [2.24, 2.45) is 0 Å². The molecule has 6 heteroatoms. The minimum absolute atomic E-state index is 0.291. The van der Waals surface area contributed by atoms with Crippen LogP contribution in [0.3, 0.4) is 0 Å². The summed E-state index contributed by atoms with van der Waals surface area (Å²) in [5, 5.41) is 1.92. The number of amides is 1. The number of hydroxylamine groups is 1. The minimum atomic E-state index is -0.291. The molecule has 0 aliphatic carbocycles. The van der Waals surface area contributed by atoms with E-state index in [0.717, 1.165) is 5.69 Å². The Morgan fingerprint density at radius 2 is 2.37 bits per heavy atom. The summed E-state index contributed by atoms with van der Waals surface area (Å²) in [5.41, 5.74) is 5.45. The van der Waals surface area contributed by atoms with Gasteiger partial charge in [-0.2, -0.15) is 0 Å². The molecule has 0 aliphatic rings. The fourth-order valence-corrected chi connectivity index (χ4v) is 1.93. The van der Waals surface area contributed by atoms with Gasteiger partial charge in [-0.3, -0.25) is 9.63 Å². The van der Waals surface area contributed by atoms with E-state index in [1.165, 1.54) is 11.3 Å². The number of ether oxygens (including phenoxy) is 1. The van der Waals surface area contributed by atoms with Crippen LogP contribution in [0, 0.1) is 0 Å². The van der Waals surface area contributed by atoms with Crippen molar-refractivity contribution in [2.75, 3.05) is 6.61 Å². The van der Waals surface area contributed by atoms with E-state index in [1.54, 1.807) is 36.7 Å². The SMILES string of the molecule is CCONC(=O)c1cccc(OCc2cscn2)c1. The van der Waals surface area contributed by atoms with Gasteiger partial charge in [-0.15, -0.1) is 11.3 Å². The first kappa shape index (κ1) is 13.5. The van der Waals surface area contributed by atoms with Crippen molar-refractivity contribution in [1.29, 1.82) is 0 Å². The zero-order chi connectivity index (χ0) is 13.5. The number of nitrogens with zero attached hydrogens (tertiary/aromatic N) is 1. The maximum absolute atomic E-state index is 11.7. The number of aromatic nitrogens is 1. The lowest BCUT2D eigenvalue weighted by Crippen LogP contribution is -2.23. The Kier molecular flexibility index (Phi) is 4.88. The summed E-state index contributed by atoms with van der Waals surface area (Å²) < 4.78 is 5.57. The van der Waals surface area contributed by atoms with Gasteiger partial charge in [0.05, 0.1) is 17.8 Å². The smallest absolute Gasteiger partial charge is 0.274 e. The van der Waals surface area contributed by atoms with Gasteiger partial charge >= 0.3 is 0 Å². The molecule has 1 amide bonds. The Labute approximate surface area is 115 Å². The van der Waals surface area contributed by atoms with Gasteiger partial charge in [0.2, 0.25) is 0 Å². The molecule has 0 radical (unpaired) electrons. The molecule has 0 saturated carbocycles. The van der Waals surface area contributed by atoms with Crippen LogP contribution in [0.15, 0.2) is 35.2 Å². The van der Waals surface area contributed by atoms with Gasteiger partial charge in [-0.25, -0.2) is 10.5 Å². The number of thiazole rings is 1. The van der Waals surface area contributed by atoms with E-state index in [2.05, 4.69) is 10.5 Å². The third kappa shape index (κ3) is 4.04. The molecule has 5 nitrogen and oxygen atoms in total. The first-order chi connectivity index (χ1) is 9.29. The molecule has 2 aromatic rings. The Morgan fingerprint density at radius 1 is 1.47 bits per heavy atom. The van der Waals surface area contributed by atoms with E-state index in [0.29, 0.717) is 24.5 Å². The molecule has 1 N–H and O–H groups in total. The van der Waals surface area contributed by atoms with Crippen molar-refractivity contribution >= 4 is 17.2 Å². The highest BCUT2D eigenvalue weighted by Gasteiger charge is 2.06. The summed E-state index contributed by atoms with van der Waals surface area (Å²) in [4.78, 5) is 20.7. The molecule has 1 heterocycles. The van der Waals surface area contributed by atoms with Gasteiger partial charge in [0.15, 0.2) is 0 Å². The molecule has 1 aromatic heterocycles. The monoisotopic (exact) mass is 278 g/mol. The molecule has 1 aromatic carbocycles. The highest BCUT2D eigenvalue weighted by atomic mass is 32.1. The fraction of sp³-hybridized carbons (Fsp3) is 0.231. The van der Waals surface area contributed by atoms with Crippen molar-refractivity contribution in [1.82, 2.24) is 10.5 Å². The zero-order valence-electron chi connectivity index (χ0n) is 10.5. The number of carbonyl (C=O) groups excluding carboxylic acids is 1. The van der Waals surface area contributed by atoms with E-state index in [9.17, 15) is 4.79 Å². The van der Waals surface area contributed by atoms with Crippen LogP contribution in [-0.4, -0.2) is 17.5 Å². The van der Waals surface area contributed by atoms with Crippen LogP contribution in [0.25, 0.3) is 0 Å². The maximum Gasteiger partial charge on any atom is 0.274 e. The third-order valence-electron chi connectivity index (χ3n) is 2.28. The third-order valence-corrected chi connectivity index (χ3v) is 2.91. The van der Waals surface area contributed by atoms with Crippen LogP contribution in [0.4, 0.5) is 0 Å². The highest BCUT2D eigenvalue weighted by molar-refractivity contribution is 7.07. The topological polar surface area (TPSA) is 60.5 Å². The van der Waals surface area contributed by atoms with Crippen LogP contribution < -0.4 is 10.2 Å². The largest absolute Gasteiger partial charge is 0.487 e. The summed E-state index contributed by atoms with van der Waals surface area (Å²) >= 11 is 1.52. The molecule has 0 atom stereocenters. The predicted octanol–water partition coefficient (Wildman–Crippen LogP) is 2.40. The highest BCUT2D eigenvalue weighted by Crippen LogP contribution is 2.15. The quantitative estimate of drug-likeness (QED) is 0.824. The van der Waals surface area contributed by atoms with Gasteiger partial charge in [0.25, 0.3) is 5.91 Å². The van der Waals surface area contributed by atoms with E-state index in [-0.39, 0.29) is 5.91 Å². The molecule has 0 bridgehead atoms. The number of hydrogen-bond donors (Lipinski definition) is 1. The Bertz CT molecular complexity index is 528. The average molecular weight is 278 g/mol. The summed E-state index contributed by atoms with van der Waals surface area (Å²) in [6.07, 6.45) is 0. The van der Waals surface area contributed by atoms with E-state index in [1.807, 2.05) is 5.38 Å². The van der Waals surface area contributed by atoms with Crippen LogP contribution in [0.5, 0.6) is 5.75 Å². The second-order valence-electron chi connectivity index (χ2n) is 3.66. The summed E-state index contributed by atoms with van der Waals surface area (Å²) in [7, 11) is 0. The number of rotatable bonds is 6. The molecule has 100 valence electrons. The standard InChI is InChI=1S/C13H14N2O3S/c1-2-18-15-13(16)10-4-3-5-12(6-10)17-7-11-8-19-9-14-11/h3-6,8-9H,2,7H2,1H3,(H,15,16). The molecule has 0 saturated heterocycles. The molecule has 0 aliphatic heterocycles. The molecular formula is C13H14N2O3S. The van der Waals surface area contributed by atoms with Gasteiger partial charge < -0.3 is 4.74 Å². The Morgan fingerprint density at radius 3 is 3.11 bits per heavy atom.